The zero-order valence-corrected chi connectivity index (χ0v) is 16.3. The molecule has 0 aliphatic rings. The molecule has 0 saturated heterocycles. The van der Waals surface area contributed by atoms with Gasteiger partial charge in [-0.05, 0) is 42.5 Å². The molecular weight excluding hydrogens is 401 g/mol. The molecule has 8 heteroatoms. The van der Waals surface area contributed by atoms with E-state index in [-0.39, 0.29) is 6.01 Å². The Bertz CT molecular complexity index is 1120. The van der Waals surface area contributed by atoms with Gasteiger partial charge in [0.1, 0.15) is 23.1 Å². The van der Waals surface area contributed by atoms with Crippen LogP contribution in [-0.4, -0.2) is 17.1 Å². The number of ether oxygens (including phenoxy) is 2. The second-order valence-corrected chi connectivity index (χ2v) is 6.66. The molecule has 2 aromatic heterocycles. The van der Waals surface area contributed by atoms with Crippen molar-refractivity contribution in [3.63, 3.8) is 0 Å². The summed E-state index contributed by atoms with van der Waals surface area (Å²) in [6, 6.07) is 14.4. The van der Waals surface area contributed by atoms with Crippen LogP contribution in [0.15, 0.2) is 59.2 Å². The number of benzene rings is 2. The fourth-order valence-electron chi connectivity index (χ4n) is 2.62. The molecule has 0 radical (unpaired) electrons. The normalized spacial score (nSPS) is 10.8. The van der Waals surface area contributed by atoms with Gasteiger partial charge in [-0.1, -0.05) is 23.2 Å². The smallest absolute Gasteiger partial charge is 0.324 e. The highest BCUT2D eigenvalue weighted by molar-refractivity contribution is 6.42. The number of methoxy groups -OCH3 is 1. The Kier molecular flexibility index (Phi) is 5.23. The average molecular weight is 416 g/mol. The number of nitrogens with zero attached hydrogens (tertiary/aromatic N) is 2. The fraction of sp³-hybridized carbons (Fsp3) is 0.100. The Morgan fingerprint density at radius 2 is 1.86 bits per heavy atom. The molecule has 4 aromatic rings. The summed E-state index contributed by atoms with van der Waals surface area (Å²) in [6.45, 7) is 0.461. The quantitative estimate of drug-likeness (QED) is 0.419. The zero-order chi connectivity index (χ0) is 19.5. The van der Waals surface area contributed by atoms with E-state index in [9.17, 15) is 0 Å². The minimum Gasteiger partial charge on any atom is -0.497 e. The molecule has 4 rings (SSSR count). The number of anilines is 1. The first-order chi connectivity index (χ1) is 13.6. The van der Waals surface area contributed by atoms with E-state index in [1.165, 1.54) is 0 Å². The maximum Gasteiger partial charge on any atom is 0.324 e. The first-order valence-corrected chi connectivity index (χ1v) is 9.13. The lowest BCUT2D eigenvalue weighted by Gasteiger charge is -2.12. The molecule has 28 heavy (non-hydrogen) atoms. The number of aromatic nitrogens is 2. The van der Waals surface area contributed by atoms with Crippen LogP contribution in [0.1, 0.15) is 5.76 Å². The van der Waals surface area contributed by atoms with Crippen LogP contribution < -0.4 is 14.8 Å². The number of fused-ring (bicyclic) bond motifs is 1. The molecule has 0 atom stereocenters. The lowest BCUT2D eigenvalue weighted by molar-refractivity contribution is 0.415. The van der Waals surface area contributed by atoms with E-state index >= 15 is 0 Å². The Morgan fingerprint density at radius 1 is 1.00 bits per heavy atom. The van der Waals surface area contributed by atoms with Crippen molar-refractivity contribution in [1.82, 2.24) is 9.97 Å². The van der Waals surface area contributed by atoms with Gasteiger partial charge in [0.2, 0.25) is 0 Å². The summed E-state index contributed by atoms with van der Waals surface area (Å²) in [4.78, 5) is 8.98. The van der Waals surface area contributed by atoms with E-state index in [2.05, 4.69) is 15.3 Å². The number of hydrogen-bond acceptors (Lipinski definition) is 6. The van der Waals surface area contributed by atoms with Crippen LogP contribution in [0, 0.1) is 0 Å². The minimum atomic E-state index is 0.179. The minimum absolute atomic E-state index is 0.179. The van der Waals surface area contributed by atoms with Crippen LogP contribution in [0.3, 0.4) is 0 Å². The van der Waals surface area contributed by atoms with Crippen molar-refractivity contribution in [2.24, 2.45) is 0 Å². The highest BCUT2D eigenvalue weighted by Crippen LogP contribution is 2.31. The van der Waals surface area contributed by atoms with Crippen molar-refractivity contribution in [3.8, 4) is 17.5 Å². The van der Waals surface area contributed by atoms with Crippen molar-refractivity contribution < 1.29 is 13.9 Å². The largest absolute Gasteiger partial charge is 0.497 e. The summed E-state index contributed by atoms with van der Waals surface area (Å²) >= 11 is 12.0. The van der Waals surface area contributed by atoms with Crippen molar-refractivity contribution in [2.75, 3.05) is 12.4 Å². The van der Waals surface area contributed by atoms with Gasteiger partial charge in [0.05, 0.1) is 35.5 Å². The highest BCUT2D eigenvalue weighted by Gasteiger charge is 2.12. The van der Waals surface area contributed by atoms with E-state index in [0.29, 0.717) is 39.4 Å². The molecule has 0 aliphatic heterocycles. The molecule has 0 unspecified atom stereocenters. The first-order valence-electron chi connectivity index (χ1n) is 8.37. The van der Waals surface area contributed by atoms with Gasteiger partial charge in [-0.15, -0.1) is 0 Å². The standard InChI is InChI=1S/C20H15Cl2N3O3/c1-26-12-5-7-18-15(9-12)19(23-11-14-3-2-8-27-14)25-20(24-18)28-13-4-6-16(21)17(22)10-13/h2-10H,11H2,1H3,(H,23,24,25). The summed E-state index contributed by atoms with van der Waals surface area (Å²) in [6.07, 6.45) is 1.62. The average Bonchev–Trinajstić information content (AvgIpc) is 3.22. The zero-order valence-electron chi connectivity index (χ0n) is 14.8. The van der Waals surface area contributed by atoms with E-state index in [1.54, 1.807) is 31.6 Å². The molecule has 0 fully saturated rings. The molecule has 142 valence electrons. The number of halogens is 2. The van der Waals surface area contributed by atoms with Crippen LogP contribution in [0.25, 0.3) is 10.9 Å². The molecular formula is C20H15Cl2N3O3. The van der Waals surface area contributed by atoms with Gasteiger partial charge < -0.3 is 19.2 Å². The van der Waals surface area contributed by atoms with E-state index < -0.39 is 0 Å². The van der Waals surface area contributed by atoms with Gasteiger partial charge in [-0.25, -0.2) is 0 Å². The van der Waals surface area contributed by atoms with Crippen LogP contribution in [-0.2, 0) is 6.54 Å². The van der Waals surface area contributed by atoms with E-state index in [1.807, 2.05) is 30.3 Å². The summed E-state index contributed by atoms with van der Waals surface area (Å²) in [5.74, 6) is 2.56. The maximum atomic E-state index is 6.06. The Morgan fingerprint density at radius 3 is 2.61 bits per heavy atom. The predicted molar refractivity (Wildman–Crippen MR) is 109 cm³/mol. The SMILES string of the molecule is COc1ccc2nc(Oc3ccc(Cl)c(Cl)c3)nc(NCc3ccco3)c2c1. The van der Waals surface area contributed by atoms with Gasteiger partial charge in [-0.2, -0.15) is 9.97 Å². The van der Waals surface area contributed by atoms with E-state index in [0.717, 1.165) is 11.1 Å². The second-order valence-electron chi connectivity index (χ2n) is 5.85. The predicted octanol–water partition coefficient (Wildman–Crippen LogP) is 5.94. The molecule has 1 N–H and O–H groups in total. The molecule has 6 nitrogen and oxygen atoms in total. The first kappa shape index (κ1) is 18.4. The van der Waals surface area contributed by atoms with Gasteiger partial charge in [0.25, 0.3) is 0 Å². The maximum absolute atomic E-state index is 6.06. The van der Waals surface area contributed by atoms with Crippen LogP contribution in [0.4, 0.5) is 5.82 Å². The molecule has 0 spiro atoms. The van der Waals surface area contributed by atoms with Crippen LogP contribution in [0.5, 0.6) is 17.5 Å². The highest BCUT2D eigenvalue weighted by atomic mass is 35.5. The van der Waals surface area contributed by atoms with Crippen molar-refractivity contribution in [2.45, 2.75) is 6.54 Å². The van der Waals surface area contributed by atoms with Crippen molar-refractivity contribution in [1.29, 1.82) is 0 Å². The Balaban J connectivity index is 1.71. The summed E-state index contributed by atoms with van der Waals surface area (Å²) in [5, 5.41) is 4.89. The number of rotatable bonds is 6. The lowest BCUT2D eigenvalue weighted by Crippen LogP contribution is -2.04. The Labute approximate surface area is 171 Å². The third kappa shape index (κ3) is 3.98. The summed E-state index contributed by atoms with van der Waals surface area (Å²) in [7, 11) is 1.61. The van der Waals surface area contributed by atoms with Crippen molar-refractivity contribution in [3.05, 3.63) is 70.6 Å². The van der Waals surface area contributed by atoms with Gasteiger partial charge >= 0.3 is 6.01 Å². The molecule has 0 saturated carbocycles. The molecule has 0 amide bonds. The Hall–Kier alpha value is -2.96. The lowest BCUT2D eigenvalue weighted by atomic mass is 10.2. The second kappa shape index (κ2) is 7.96. The number of nitrogens with one attached hydrogen (secondary N) is 1. The van der Waals surface area contributed by atoms with E-state index in [4.69, 9.17) is 37.1 Å². The number of hydrogen-bond donors (Lipinski definition) is 1. The monoisotopic (exact) mass is 415 g/mol. The van der Waals surface area contributed by atoms with Gasteiger partial charge in [-0.3, -0.25) is 0 Å². The van der Waals surface area contributed by atoms with Crippen molar-refractivity contribution >= 4 is 39.9 Å². The van der Waals surface area contributed by atoms with Crippen LogP contribution >= 0.6 is 23.2 Å². The third-order valence-electron chi connectivity index (χ3n) is 3.99. The molecule has 0 aliphatic carbocycles. The number of furan rings is 1. The third-order valence-corrected chi connectivity index (χ3v) is 4.73. The van der Waals surface area contributed by atoms with Gasteiger partial charge in [0, 0.05) is 11.5 Å². The molecule has 2 heterocycles. The summed E-state index contributed by atoms with van der Waals surface area (Å²) < 4.78 is 16.5. The van der Waals surface area contributed by atoms with Gasteiger partial charge in [0.15, 0.2) is 0 Å². The fourth-order valence-corrected chi connectivity index (χ4v) is 2.91. The molecule has 0 bridgehead atoms. The summed E-state index contributed by atoms with van der Waals surface area (Å²) in [5.41, 5.74) is 0.702. The molecule has 2 aromatic carbocycles. The van der Waals surface area contributed by atoms with Crippen LogP contribution in [0.2, 0.25) is 10.0 Å². The topological polar surface area (TPSA) is 69.4 Å².